The van der Waals surface area contributed by atoms with Crippen molar-refractivity contribution in [2.45, 2.75) is 13.0 Å². The van der Waals surface area contributed by atoms with Crippen LogP contribution in [0, 0.1) is 0 Å². The summed E-state index contributed by atoms with van der Waals surface area (Å²) in [6, 6.07) is 16.1. The first kappa shape index (κ1) is 21.3. The molecule has 9 heteroatoms. The molecule has 0 saturated heterocycles. The van der Waals surface area contributed by atoms with Gasteiger partial charge in [0.1, 0.15) is 11.4 Å². The number of aromatic nitrogens is 3. The third-order valence-electron chi connectivity index (χ3n) is 5.11. The van der Waals surface area contributed by atoms with Crippen molar-refractivity contribution in [3.8, 4) is 5.69 Å². The van der Waals surface area contributed by atoms with Crippen molar-refractivity contribution in [1.82, 2.24) is 19.9 Å². The maximum absolute atomic E-state index is 13.5. The second kappa shape index (κ2) is 8.68. The van der Waals surface area contributed by atoms with Crippen LogP contribution in [0.2, 0.25) is 5.02 Å². The summed E-state index contributed by atoms with van der Waals surface area (Å²) < 4.78 is 1.61. The van der Waals surface area contributed by atoms with Crippen molar-refractivity contribution in [2.75, 3.05) is 18.1 Å². The molecule has 4 aromatic rings. The van der Waals surface area contributed by atoms with E-state index < -0.39 is 6.04 Å². The van der Waals surface area contributed by atoms with Gasteiger partial charge >= 0.3 is 0 Å². The zero-order chi connectivity index (χ0) is 22.8. The third-order valence-corrected chi connectivity index (χ3v) is 5.43. The number of nitrogen functional groups attached to an aromatic ring is 1. The van der Waals surface area contributed by atoms with E-state index in [2.05, 4.69) is 20.6 Å². The number of rotatable bonds is 5. The number of nitrogens with one attached hydrogen (secondary N) is 2. The Kier molecular flexibility index (Phi) is 5.79. The summed E-state index contributed by atoms with van der Waals surface area (Å²) in [6.45, 7) is 1.87. The Morgan fingerprint density at radius 3 is 2.62 bits per heavy atom. The van der Waals surface area contributed by atoms with Gasteiger partial charge in [-0.2, -0.15) is 4.98 Å². The topological polar surface area (TPSA) is 115 Å². The SMILES string of the molecule is CNC(=O)c1cnc(N)nc1N[C@@H](C)c1cc2cccc(Cl)c2c(=O)n1-c1ccccc1. The number of para-hydroxylation sites is 1. The minimum atomic E-state index is -0.427. The lowest BCUT2D eigenvalue weighted by Crippen LogP contribution is -2.27. The molecule has 1 atom stereocenters. The van der Waals surface area contributed by atoms with Gasteiger partial charge in [0, 0.05) is 24.6 Å². The van der Waals surface area contributed by atoms with Gasteiger partial charge in [-0.15, -0.1) is 0 Å². The first-order chi connectivity index (χ1) is 15.4. The summed E-state index contributed by atoms with van der Waals surface area (Å²) in [5.41, 5.74) is 7.11. The number of halogens is 1. The quantitative estimate of drug-likeness (QED) is 0.430. The van der Waals surface area contributed by atoms with E-state index >= 15 is 0 Å². The minimum Gasteiger partial charge on any atom is -0.368 e. The van der Waals surface area contributed by atoms with E-state index in [9.17, 15) is 9.59 Å². The van der Waals surface area contributed by atoms with Crippen molar-refractivity contribution >= 4 is 40.0 Å². The summed E-state index contributed by atoms with van der Waals surface area (Å²) >= 11 is 6.37. The standard InChI is InChI=1S/C23H21ClN6O2/c1-13(28-20-16(21(31)26-2)12-27-23(25)29-20)18-11-14-7-6-10-17(24)19(14)22(32)30(18)15-8-4-3-5-9-15/h3-13H,1-2H3,(H,26,31)(H3,25,27,28,29)/t13-/m0/s1. The van der Waals surface area contributed by atoms with E-state index in [1.807, 2.05) is 49.4 Å². The molecule has 0 radical (unpaired) electrons. The molecule has 2 aromatic carbocycles. The number of hydrogen-bond acceptors (Lipinski definition) is 6. The van der Waals surface area contributed by atoms with E-state index in [0.717, 1.165) is 0 Å². The van der Waals surface area contributed by atoms with Gasteiger partial charge in [0.15, 0.2) is 0 Å². The number of nitrogens with zero attached hydrogens (tertiary/aromatic N) is 3. The van der Waals surface area contributed by atoms with Crippen LogP contribution in [0.3, 0.4) is 0 Å². The summed E-state index contributed by atoms with van der Waals surface area (Å²) in [7, 11) is 1.52. The van der Waals surface area contributed by atoms with Gasteiger partial charge in [0.25, 0.3) is 11.5 Å². The Hall–Kier alpha value is -3.91. The molecule has 0 aliphatic carbocycles. The molecule has 0 aliphatic rings. The normalized spacial score (nSPS) is 11.8. The van der Waals surface area contributed by atoms with E-state index in [0.29, 0.717) is 27.2 Å². The van der Waals surface area contributed by atoms with Gasteiger partial charge in [-0.1, -0.05) is 41.9 Å². The van der Waals surface area contributed by atoms with Crippen LogP contribution in [-0.4, -0.2) is 27.5 Å². The molecule has 1 amide bonds. The maximum atomic E-state index is 13.5. The van der Waals surface area contributed by atoms with Gasteiger partial charge in [0.2, 0.25) is 5.95 Å². The maximum Gasteiger partial charge on any atom is 0.264 e. The average Bonchev–Trinajstić information content (AvgIpc) is 2.79. The lowest BCUT2D eigenvalue weighted by Gasteiger charge is -2.22. The lowest BCUT2D eigenvalue weighted by atomic mass is 10.1. The van der Waals surface area contributed by atoms with Crippen LogP contribution < -0.4 is 21.9 Å². The number of anilines is 2. The zero-order valence-electron chi connectivity index (χ0n) is 17.5. The molecule has 0 saturated carbocycles. The smallest absolute Gasteiger partial charge is 0.264 e. The fraction of sp³-hybridized carbons (Fsp3) is 0.130. The third kappa shape index (κ3) is 3.88. The van der Waals surface area contributed by atoms with Crippen molar-refractivity contribution in [3.05, 3.63) is 87.4 Å². The molecule has 8 nitrogen and oxygen atoms in total. The highest BCUT2D eigenvalue weighted by Crippen LogP contribution is 2.27. The van der Waals surface area contributed by atoms with E-state index in [4.69, 9.17) is 17.3 Å². The Morgan fingerprint density at radius 2 is 1.91 bits per heavy atom. The molecule has 2 heterocycles. The summed E-state index contributed by atoms with van der Waals surface area (Å²) in [6.07, 6.45) is 1.36. The molecule has 162 valence electrons. The first-order valence-corrected chi connectivity index (χ1v) is 10.3. The molecule has 0 spiro atoms. The Labute approximate surface area is 189 Å². The van der Waals surface area contributed by atoms with Gasteiger partial charge in [0.05, 0.1) is 16.5 Å². The van der Waals surface area contributed by atoms with Crippen LogP contribution in [0.4, 0.5) is 11.8 Å². The second-order valence-electron chi connectivity index (χ2n) is 7.19. The minimum absolute atomic E-state index is 0.0260. The molecule has 0 unspecified atom stereocenters. The zero-order valence-corrected chi connectivity index (χ0v) is 18.2. The Bertz CT molecular complexity index is 1370. The van der Waals surface area contributed by atoms with E-state index in [1.165, 1.54) is 13.2 Å². The number of amides is 1. The Morgan fingerprint density at radius 1 is 1.16 bits per heavy atom. The fourth-order valence-corrected chi connectivity index (χ4v) is 3.85. The van der Waals surface area contributed by atoms with Crippen molar-refractivity contribution < 1.29 is 4.79 Å². The predicted molar refractivity (Wildman–Crippen MR) is 126 cm³/mol. The molecule has 0 aliphatic heterocycles. The van der Waals surface area contributed by atoms with Crippen molar-refractivity contribution in [3.63, 3.8) is 0 Å². The van der Waals surface area contributed by atoms with Gasteiger partial charge in [-0.3, -0.25) is 14.2 Å². The molecule has 2 aromatic heterocycles. The monoisotopic (exact) mass is 448 g/mol. The highest BCUT2D eigenvalue weighted by molar-refractivity contribution is 6.35. The average molecular weight is 449 g/mol. The second-order valence-corrected chi connectivity index (χ2v) is 7.59. The van der Waals surface area contributed by atoms with Crippen LogP contribution >= 0.6 is 11.6 Å². The Balaban J connectivity index is 1.91. The van der Waals surface area contributed by atoms with Gasteiger partial charge in [-0.25, -0.2) is 4.98 Å². The van der Waals surface area contributed by atoms with Gasteiger partial charge < -0.3 is 16.4 Å². The number of carbonyl (C=O) groups excluding carboxylic acids is 1. The lowest BCUT2D eigenvalue weighted by molar-refractivity contribution is 0.0963. The fourth-order valence-electron chi connectivity index (χ4n) is 3.59. The summed E-state index contributed by atoms with van der Waals surface area (Å²) in [5, 5.41) is 7.31. The molecule has 0 fully saturated rings. The number of nitrogens with two attached hydrogens (primary N) is 1. The molecule has 4 rings (SSSR count). The van der Waals surface area contributed by atoms with Crippen LogP contribution in [0.15, 0.2) is 65.6 Å². The van der Waals surface area contributed by atoms with Crippen LogP contribution in [0.25, 0.3) is 16.5 Å². The number of carbonyl (C=O) groups is 1. The van der Waals surface area contributed by atoms with E-state index in [-0.39, 0.29) is 28.8 Å². The number of benzene rings is 2. The van der Waals surface area contributed by atoms with Gasteiger partial charge in [-0.05, 0) is 36.6 Å². The predicted octanol–water partition coefficient (Wildman–Crippen LogP) is 3.55. The highest BCUT2D eigenvalue weighted by Gasteiger charge is 2.20. The highest BCUT2D eigenvalue weighted by atomic mass is 35.5. The number of pyridine rings is 1. The van der Waals surface area contributed by atoms with Crippen LogP contribution in [0.1, 0.15) is 29.0 Å². The number of fused-ring (bicyclic) bond motifs is 1. The first-order valence-electron chi connectivity index (χ1n) is 9.91. The van der Waals surface area contributed by atoms with Crippen LogP contribution in [0.5, 0.6) is 0 Å². The van der Waals surface area contributed by atoms with E-state index in [1.54, 1.807) is 16.7 Å². The van der Waals surface area contributed by atoms with Crippen LogP contribution in [-0.2, 0) is 0 Å². The molecule has 32 heavy (non-hydrogen) atoms. The molecule has 0 bridgehead atoms. The molecule has 4 N–H and O–H groups in total. The number of hydrogen-bond donors (Lipinski definition) is 3. The summed E-state index contributed by atoms with van der Waals surface area (Å²) in [5.74, 6) is -0.0638. The summed E-state index contributed by atoms with van der Waals surface area (Å²) in [4.78, 5) is 33.9. The van der Waals surface area contributed by atoms with Crippen molar-refractivity contribution in [1.29, 1.82) is 0 Å². The van der Waals surface area contributed by atoms with Crippen molar-refractivity contribution in [2.24, 2.45) is 0 Å². The molecular weight excluding hydrogens is 428 g/mol. The largest absolute Gasteiger partial charge is 0.368 e. The molecular formula is C23H21ClN6O2.